The van der Waals surface area contributed by atoms with Crippen molar-refractivity contribution in [3.05, 3.63) is 94.7 Å². The summed E-state index contributed by atoms with van der Waals surface area (Å²) in [7, 11) is 1.63. The summed E-state index contributed by atoms with van der Waals surface area (Å²) >= 11 is 7.57. The van der Waals surface area contributed by atoms with Gasteiger partial charge < -0.3 is 4.74 Å². The second-order valence-electron chi connectivity index (χ2n) is 7.82. The van der Waals surface area contributed by atoms with Crippen LogP contribution in [0, 0.1) is 0 Å². The van der Waals surface area contributed by atoms with Crippen LogP contribution in [0.15, 0.2) is 89.2 Å². The minimum Gasteiger partial charge on any atom is -0.497 e. The Morgan fingerprint density at radius 2 is 1.89 bits per heavy atom. The Kier molecular flexibility index (Phi) is 6.88. The minimum atomic E-state index is -0.112. The molecule has 1 aliphatic heterocycles. The molecule has 7 nitrogen and oxygen atoms in total. The summed E-state index contributed by atoms with van der Waals surface area (Å²) in [6.45, 7) is 2.40. The molecule has 1 amide bonds. The first-order valence-corrected chi connectivity index (χ1v) is 12.5. The predicted octanol–water partition coefficient (Wildman–Crippen LogP) is 6.22. The van der Waals surface area contributed by atoms with E-state index in [4.69, 9.17) is 21.4 Å². The van der Waals surface area contributed by atoms with Crippen LogP contribution >= 0.6 is 23.4 Å². The average Bonchev–Trinajstić information content (AvgIpc) is 3.46. The Bertz CT molecular complexity index is 1470. The molecular formula is C27H22ClN5O2S. The van der Waals surface area contributed by atoms with Crippen molar-refractivity contribution < 1.29 is 9.53 Å². The van der Waals surface area contributed by atoms with Gasteiger partial charge >= 0.3 is 0 Å². The SMILES string of the molecule is CCN1C(=O)/C(=C/c2cn(-c3ccccc3)nc2-c2ccc(OC)cc2)SC1=Nc1ccncc1Cl. The fourth-order valence-corrected chi connectivity index (χ4v) is 4.96. The molecule has 0 spiro atoms. The van der Waals surface area contributed by atoms with Crippen molar-refractivity contribution in [3.8, 4) is 22.7 Å². The van der Waals surface area contributed by atoms with Gasteiger partial charge in [0, 0.05) is 36.3 Å². The summed E-state index contributed by atoms with van der Waals surface area (Å²) in [4.78, 5) is 24.1. The number of ether oxygens (including phenoxy) is 1. The quantitative estimate of drug-likeness (QED) is 0.285. The van der Waals surface area contributed by atoms with Gasteiger partial charge in [0.05, 0.1) is 34.1 Å². The Morgan fingerprint density at radius 1 is 1.11 bits per heavy atom. The predicted molar refractivity (Wildman–Crippen MR) is 145 cm³/mol. The molecule has 4 aromatic rings. The molecule has 1 aliphatic rings. The third-order valence-corrected chi connectivity index (χ3v) is 6.88. The second-order valence-corrected chi connectivity index (χ2v) is 9.24. The number of carbonyl (C=O) groups is 1. The number of aliphatic imine (C=N–C) groups is 1. The number of para-hydroxylation sites is 1. The lowest BCUT2D eigenvalue weighted by Gasteiger charge is -2.12. The van der Waals surface area contributed by atoms with E-state index in [1.807, 2.05) is 78.5 Å². The van der Waals surface area contributed by atoms with Crippen molar-refractivity contribution in [2.45, 2.75) is 6.92 Å². The fourth-order valence-electron chi connectivity index (χ4n) is 3.75. The number of aromatic nitrogens is 3. The van der Waals surface area contributed by atoms with Gasteiger partial charge in [0.1, 0.15) is 5.75 Å². The van der Waals surface area contributed by atoms with Crippen LogP contribution in [-0.2, 0) is 4.79 Å². The molecule has 2 aromatic heterocycles. The third-order valence-electron chi connectivity index (χ3n) is 5.58. The number of methoxy groups -OCH3 is 1. The molecule has 0 radical (unpaired) electrons. The van der Waals surface area contributed by atoms with E-state index in [1.54, 1.807) is 24.3 Å². The van der Waals surface area contributed by atoms with E-state index in [9.17, 15) is 4.79 Å². The number of amides is 1. The number of carbonyl (C=O) groups excluding carboxylic acids is 1. The van der Waals surface area contributed by atoms with Crippen LogP contribution in [0.3, 0.4) is 0 Å². The molecule has 9 heteroatoms. The number of likely N-dealkylation sites (N-methyl/N-ethyl adjacent to an activating group) is 1. The highest BCUT2D eigenvalue weighted by Gasteiger charge is 2.33. The van der Waals surface area contributed by atoms with Gasteiger partial charge in [-0.05, 0) is 67.2 Å². The molecule has 0 aliphatic carbocycles. The summed E-state index contributed by atoms with van der Waals surface area (Å²) in [6.07, 6.45) is 6.96. The molecule has 5 rings (SSSR count). The van der Waals surface area contributed by atoms with Gasteiger partial charge in [-0.1, -0.05) is 29.8 Å². The van der Waals surface area contributed by atoms with E-state index in [1.165, 1.54) is 18.0 Å². The monoisotopic (exact) mass is 515 g/mol. The number of nitrogens with zero attached hydrogens (tertiary/aromatic N) is 5. The molecule has 0 atom stereocenters. The number of halogens is 1. The summed E-state index contributed by atoms with van der Waals surface area (Å²) in [5.74, 6) is 0.649. The molecule has 0 unspecified atom stereocenters. The molecule has 0 saturated carbocycles. The second kappa shape index (κ2) is 10.4. The lowest BCUT2D eigenvalue weighted by Crippen LogP contribution is -2.28. The Morgan fingerprint density at radius 3 is 2.58 bits per heavy atom. The van der Waals surface area contributed by atoms with Crippen molar-refractivity contribution >= 4 is 46.2 Å². The number of benzene rings is 2. The van der Waals surface area contributed by atoms with Crippen LogP contribution in [0.2, 0.25) is 5.02 Å². The van der Waals surface area contributed by atoms with Crippen LogP contribution in [0.5, 0.6) is 5.75 Å². The molecule has 1 saturated heterocycles. The zero-order valence-electron chi connectivity index (χ0n) is 19.6. The Labute approximate surface area is 218 Å². The van der Waals surface area contributed by atoms with Crippen LogP contribution in [0.4, 0.5) is 5.69 Å². The van der Waals surface area contributed by atoms with E-state index in [2.05, 4.69) is 9.98 Å². The molecule has 0 N–H and O–H groups in total. The molecule has 3 heterocycles. The number of amidine groups is 1. The van der Waals surface area contributed by atoms with Gasteiger partial charge in [0.2, 0.25) is 0 Å². The van der Waals surface area contributed by atoms with E-state index in [0.717, 1.165) is 28.3 Å². The smallest absolute Gasteiger partial charge is 0.266 e. The highest BCUT2D eigenvalue weighted by atomic mass is 35.5. The first-order valence-electron chi connectivity index (χ1n) is 11.3. The van der Waals surface area contributed by atoms with E-state index < -0.39 is 0 Å². The number of hydrogen-bond donors (Lipinski definition) is 0. The lowest BCUT2D eigenvalue weighted by atomic mass is 10.1. The average molecular weight is 516 g/mol. The first-order chi connectivity index (χ1) is 17.6. The van der Waals surface area contributed by atoms with E-state index >= 15 is 0 Å². The number of thioether (sulfide) groups is 1. The number of pyridine rings is 1. The largest absolute Gasteiger partial charge is 0.497 e. The molecule has 1 fully saturated rings. The zero-order chi connectivity index (χ0) is 25.1. The zero-order valence-corrected chi connectivity index (χ0v) is 21.2. The number of rotatable bonds is 6. The lowest BCUT2D eigenvalue weighted by molar-refractivity contribution is -0.122. The third kappa shape index (κ3) is 4.78. The maximum absolute atomic E-state index is 13.3. The van der Waals surface area contributed by atoms with Gasteiger partial charge in [-0.25, -0.2) is 9.67 Å². The normalized spacial score (nSPS) is 15.8. The van der Waals surface area contributed by atoms with Gasteiger partial charge in [-0.3, -0.25) is 14.7 Å². The van der Waals surface area contributed by atoms with Crippen LogP contribution in [0.25, 0.3) is 23.0 Å². The number of hydrogen-bond acceptors (Lipinski definition) is 6. The molecular weight excluding hydrogens is 494 g/mol. The van der Waals surface area contributed by atoms with Crippen molar-refractivity contribution in [1.29, 1.82) is 0 Å². The van der Waals surface area contributed by atoms with Crippen molar-refractivity contribution in [3.63, 3.8) is 0 Å². The molecule has 2 aromatic carbocycles. The molecule has 180 valence electrons. The van der Waals surface area contributed by atoms with Crippen molar-refractivity contribution in [2.75, 3.05) is 13.7 Å². The van der Waals surface area contributed by atoms with E-state index in [-0.39, 0.29) is 5.91 Å². The highest BCUT2D eigenvalue weighted by Crippen LogP contribution is 2.37. The van der Waals surface area contributed by atoms with Crippen LogP contribution < -0.4 is 4.74 Å². The molecule has 36 heavy (non-hydrogen) atoms. The Balaban J connectivity index is 1.58. The topological polar surface area (TPSA) is 72.6 Å². The van der Waals surface area contributed by atoms with Gasteiger partial charge in [-0.15, -0.1) is 0 Å². The van der Waals surface area contributed by atoms with Crippen molar-refractivity contribution in [1.82, 2.24) is 19.7 Å². The summed E-state index contributed by atoms with van der Waals surface area (Å²) in [5, 5.41) is 5.85. The molecule has 0 bridgehead atoms. The summed E-state index contributed by atoms with van der Waals surface area (Å²) in [6, 6.07) is 19.3. The highest BCUT2D eigenvalue weighted by molar-refractivity contribution is 8.18. The van der Waals surface area contributed by atoms with Crippen LogP contribution in [0.1, 0.15) is 12.5 Å². The fraction of sp³-hybridized carbons (Fsp3) is 0.111. The van der Waals surface area contributed by atoms with Gasteiger partial charge in [0.25, 0.3) is 5.91 Å². The maximum Gasteiger partial charge on any atom is 0.266 e. The first kappa shape index (κ1) is 23.8. The van der Waals surface area contributed by atoms with Crippen molar-refractivity contribution in [2.24, 2.45) is 4.99 Å². The summed E-state index contributed by atoms with van der Waals surface area (Å²) in [5.41, 5.74) is 3.98. The summed E-state index contributed by atoms with van der Waals surface area (Å²) < 4.78 is 7.13. The standard InChI is InChI=1S/C27H22ClN5O2S/c1-3-32-26(34)24(36-27(32)30-23-13-14-29-16-22(23)28)15-19-17-33(20-7-5-4-6-8-20)31-25(19)18-9-11-21(35-2)12-10-18/h4-17H,3H2,1-2H3/b24-15-,30-27?. The van der Waals surface area contributed by atoms with Gasteiger partial charge in [-0.2, -0.15) is 5.10 Å². The van der Waals surface area contributed by atoms with E-state index in [0.29, 0.717) is 27.3 Å². The van der Waals surface area contributed by atoms with Crippen LogP contribution in [-0.4, -0.2) is 44.4 Å². The minimum absolute atomic E-state index is 0.112. The maximum atomic E-state index is 13.3. The Hall–Kier alpha value is -3.88. The van der Waals surface area contributed by atoms with Gasteiger partial charge in [0.15, 0.2) is 5.17 Å².